The lowest BCUT2D eigenvalue weighted by Gasteiger charge is -2.27. The lowest BCUT2D eigenvalue weighted by Crippen LogP contribution is -1.98. The molecule has 0 aliphatic heterocycles. The van der Waals surface area contributed by atoms with Gasteiger partial charge in [-0.3, -0.25) is 4.57 Å². The molecule has 0 N–H and O–H groups in total. The fourth-order valence-corrected chi connectivity index (χ4v) is 10.7. The van der Waals surface area contributed by atoms with E-state index in [1.807, 2.05) is 28.7 Å². The third kappa shape index (κ3) is 4.13. The maximum atomic E-state index is 5.44. The average molecular weight is 575 g/mol. The van der Waals surface area contributed by atoms with Gasteiger partial charge < -0.3 is 0 Å². The van der Waals surface area contributed by atoms with E-state index >= 15 is 0 Å². The standard InChI is InChI=1S/C32H34N2S4/c1-8-21-15-17-22(18-16-21)32-33-28-24-19-26(37(3,4)5)35-30(24)31-25(20-27(36-31)38(6,7)9-2)29(28)34(32)23-13-11-10-12-14-23/h8,10-20H,1,9H2,2-7H3. The van der Waals surface area contributed by atoms with Gasteiger partial charge >= 0.3 is 0 Å². The number of thiophene rings is 2. The molecule has 6 heteroatoms. The van der Waals surface area contributed by atoms with Crippen LogP contribution in [0.3, 0.4) is 0 Å². The molecule has 0 saturated heterocycles. The van der Waals surface area contributed by atoms with Gasteiger partial charge in [-0.2, -0.15) is 0 Å². The Morgan fingerprint density at radius 3 is 2.11 bits per heavy atom. The van der Waals surface area contributed by atoms with Crippen molar-refractivity contribution in [3.05, 3.63) is 78.9 Å². The highest BCUT2D eigenvalue weighted by Gasteiger charge is 2.26. The summed E-state index contributed by atoms with van der Waals surface area (Å²) in [4.78, 5) is 5.44. The van der Waals surface area contributed by atoms with E-state index in [2.05, 4.69) is 116 Å². The van der Waals surface area contributed by atoms with E-state index in [1.54, 1.807) is 0 Å². The minimum Gasteiger partial charge on any atom is -0.292 e. The van der Waals surface area contributed by atoms with Crippen LogP contribution in [-0.2, 0) is 0 Å². The molecule has 6 aromatic rings. The van der Waals surface area contributed by atoms with Crippen LogP contribution in [0.15, 0.2) is 81.7 Å². The second-order valence-corrected chi connectivity index (χ2v) is 21.7. The Labute approximate surface area is 236 Å². The Kier molecular flexibility index (Phi) is 6.30. The van der Waals surface area contributed by atoms with Crippen LogP contribution in [0, 0.1) is 0 Å². The van der Waals surface area contributed by atoms with Crippen molar-refractivity contribution in [1.29, 1.82) is 0 Å². The number of nitrogens with zero attached hydrogens (tertiary/aromatic N) is 2. The third-order valence-corrected chi connectivity index (χ3v) is 16.7. The minimum atomic E-state index is -0.860. The first-order chi connectivity index (χ1) is 18.1. The summed E-state index contributed by atoms with van der Waals surface area (Å²) in [6, 6.07) is 24.3. The zero-order valence-corrected chi connectivity index (χ0v) is 26.1. The van der Waals surface area contributed by atoms with Crippen LogP contribution in [0.1, 0.15) is 12.5 Å². The second-order valence-electron chi connectivity index (χ2n) is 10.9. The summed E-state index contributed by atoms with van der Waals surface area (Å²) in [5.74, 6) is 2.17. The lowest BCUT2D eigenvalue weighted by molar-refractivity contribution is 1.11. The highest BCUT2D eigenvalue weighted by atomic mass is 32.3. The number of imidazole rings is 1. The quantitative estimate of drug-likeness (QED) is 0.193. The molecular formula is C32H34N2S4. The van der Waals surface area contributed by atoms with Crippen molar-refractivity contribution < 1.29 is 0 Å². The number of hydrogen-bond acceptors (Lipinski definition) is 3. The van der Waals surface area contributed by atoms with Gasteiger partial charge in [0.2, 0.25) is 0 Å². The molecular weight excluding hydrogens is 541 g/mol. The van der Waals surface area contributed by atoms with Crippen molar-refractivity contribution in [2.24, 2.45) is 0 Å². The van der Waals surface area contributed by atoms with E-state index < -0.39 is 20.1 Å². The average Bonchev–Trinajstić information content (AvgIpc) is 3.64. The molecule has 2 nitrogen and oxygen atoms in total. The van der Waals surface area contributed by atoms with Crippen molar-refractivity contribution in [3.8, 4) is 17.1 Å². The smallest absolute Gasteiger partial charge is 0.145 e. The van der Waals surface area contributed by atoms with Gasteiger partial charge in [-0.25, -0.2) is 25.0 Å². The van der Waals surface area contributed by atoms with E-state index in [9.17, 15) is 0 Å². The molecule has 0 fully saturated rings. The van der Waals surface area contributed by atoms with Gasteiger partial charge in [0.25, 0.3) is 0 Å². The molecule has 0 bridgehead atoms. The first-order valence-corrected chi connectivity index (χ1v) is 19.8. The molecule has 6 rings (SSSR count). The largest absolute Gasteiger partial charge is 0.292 e. The Bertz CT molecular complexity index is 1810. The van der Waals surface area contributed by atoms with Gasteiger partial charge in [0, 0.05) is 30.4 Å². The van der Waals surface area contributed by atoms with Crippen LogP contribution in [-0.4, -0.2) is 46.6 Å². The summed E-state index contributed by atoms with van der Waals surface area (Å²) >= 11 is 4.00. The summed E-state index contributed by atoms with van der Waals surface area (Å²) in [5.41, 5.74) is 5.71. The van der Waals surface area contributed by atoms with E-state index in [0.717, 1.165) is 28.2 Å². The molecule has 0 saturated carbocycles. The van der Waals surface area contributed by atoms with Crippen LogP contribution >= 0.6 is 42.7 Å². The number of aromatic nitrogens is 2. The van der Waals surface area contributed by atoms with Gasteiger partial charge in [-0.15, -0.1) is 22.7 Å². The van der Waals surface area contributed by atoms with Crippen molar-refractivity contribution in [1.82, 2.24) is 9.55 Å². The fraction of sp³-hybridized carbons (Fsp3) is 0.219. The lowest BCUT2D eigenvalue weighted by atomic mass is 10.1. The van der Waals surface area contributed by atoms with Crippen LogP contribution < -0.4 is 0 Å². The van der Waals surface area contributed by atoms with Gasteiger partial charge in [-0.05, 0) is 66.9 Å². The molecule has 0 atom stereocenters. The van der Waals surface area contributed by atoms with Crippen molar-refractivity contribution >= 4 is 80.0 Å². The maximum absolute atomic E-state index is 5.44. The highest BCUT2D eigenvalue weighted by molar-refractivity contribution is 8.34. The zero-order chi connectivity index (χ0) is 26.8. The molecule has 0 unspecified atom stereocenters. The monoisotopic (exact) mass is 574 g/mol. The molecule has 0 spiro atoms. The Balaban J connectivity index is 1.82. The topological polar surface area (TPSA) is 17.8 Å². The Hall–Kier alpha value is -2.51. The van der Waals surface area contributed by atoms with Gasteiger partial charge in [0.05, 0.1) is 20.4 Å². The predicted molar refractivity (Wildman–Crippen MR) is 179 cm³/mol. The predicted octanol–water partition coefficient (Wildman–Crippen LogP) is 10.3. The van der Waals surface area contributed by atoms with Crippen LogP contribution in [0.2, 0.25) is 0 Å². The van der Waals surface area contributed by atoms with E-state index in [4.69, 9.17) is 4.98 Å². The number of rotatable bonds is 6. The van der Waals surface area contributed by atoms with Crippen molar-refractivity contribution in [2.75, 3.05) is 37.0 Å². The van der Waals surface area contributed by atoms with E-state index in [-0.39, 0.29) is 0 Å². The van der Waals surface area contributed by atoms with E-state index in [1.165, 1.54) is 39.9 Å². The maximum Gasteiger partial charge on any atom is 0.145 e. The van der Waals surface area contributed by atoms with Crippen molar-refractivity contribution in [3.63, 3.8) is 0 Å². The third-order valence-electron chi connectivity index (χ3n) is 7.30. The summed E-state index contributed by atoms with van der Waals surface area (Å²) in [6.07, 6.45) is 14.0. The van der Waals surface area contributed by atoms with Crippen molar-refractivity contribution in [2.45, 2.75) is 15.3 Å². The minimum absolute atomic E-state index is 0.859. The SMILES string of the molecule is C=Cc1ccc(-c2nc3c4cc(S(C)(C)C)sc4c4sc(S(C)(C)CC)cc4c3n2-c2ccccc2)cc1. The summed E-state index contributed by atoms with van der Waals surface area (Å²) in [6.45, 7) is 6.27. The molecule has 0 amide bonds. The Morgan fingerprint density at radius 2 is 1.47 bits per heavy atom. The number of para-hydroxylation sites is 1. The molecule has 0 radical (unpaired) electrons. The van der Waals surface area contributed by atoms with Gasteiger partial charge in [-0.1, -0.05) is 62.0 Å². The van der Waals surface area contributed by atoms with Crippen LogP contribution in [0.25, 0.3) is 54.4 Å². The van der Waals surface area contributed by atoms with Crippen LogP contribution in [0.5, 0.6) is 0 Å². The number of fused-ring (bicyclic) bond motifs is 6. The summed E-state index contributed by atoms with van der Waals surface area (Å²) < 4.78 is 8.23. The van der Waals surface area contributed by atoms with Gasteiger partial charge in [0.15, 0.2) is 0 Å². The highest BCUT2D eigenvalue weighted by Crippen LogP contribution is 2.58. The fourth-order valence-electron chi connectivity index (χ4n) is 4.79. The molecule has 3 heterocycles. The molecule has 3 aromatic heterocycles. The molecule has 3 aromatic carbocycles. The zero-order valence-electron chi connectivity index (χ0n) is 22.9. The second kappa shape index (κ2) is 9.30. The summed E-state index contributed by atoms with van der Waals surface area (Å²) in [5, 5.41) is 2.63. The molecule has 0 aliphatic rings. The first kappa shape index (κ1) is 25.8. The number of hydrogen-bond donors (Lipinski definition) is 0. The number of benzene rings is 3. The van der Waals surface area contributed by atoms with Crippen LogP contribution in [0.4, 0.5) is 0 Å². The Morgan fingerprint density at radius 1 is 0.842 bits per heavy atom. The molecule has 38 heavy (non-hydrogen) atoms. The normalized spacial score (nSPS) is 13.5. The molecule has 0 aliphatic carbocycles. The summed E-state index contributed by atoms with van der Waals surface area (Å²) in [7, 11) is -1.72. The van der Waals surface area contributed by atoms with Gasteiger partial charge in [0.1, 0.15) is 5.82 Å². The first-order valence-electron chi connectivity index (χ1n) is 12.7. The molecule has 196 valence electrons. The van der Waals surface area contributed by atoms with E-state index in [0.29, 0.717) is 0 Å².